The molecular weight excluding hydrogens is 278 g/mol. The minimum Gasteiger partial charge on any atom is -0.199 e. The number of allylic oxidation sites excluding steroid dienone is 1. The van der Waals surface area contributed by atoms with Gasteiger partial charge < -0.3 is 0 Å². The van der Waals surface area contributed by atoms with E-state index in [2.05, 4.69) is 29.8 Å². The summed E-state index contributed by atoms with van der Waals surface area (Å²) in [6, 6.07) is 7.51. The smallest absolute Gasteiger partial charge is 0.162 e. The van der Waals surface area contributed by atoms with E-state index >= 15 is 0 Å². The van der Waals surface area contributed by atoms with Crippen molar-refractivity contribution in [1.82, 2.24) is 0 Å². The Morgan fingerprint density at radius 3 is 2.27 bits per heavy atom. The van der Waals surface area contributed by atoms with Gasteiger partial charge in [0.25, 0.3) is 0 Å². The summed E-state index contributed by atoms with van der Waals surface area (Å²) in [6.45, 7) is 4.12. The van der Waals surface area contributed by atoms with Crippen molar-refractivity contribution in [3.05, 3.63) is 45.7 Å². The summed E-state index contributed by atoms with van der Waals surface area (Å²) < 4.78 is 12.5. The molecule has 1 aromatic rings. The molecule has 0 aromatic heterocycles. The van der Waals surface area contributed by atoms with Crippen LogP contribution in [0.3, 0.4) is 0 Å². The van der Waals surface area contributed by atoms with Gasteiger partial charge in [0.1, 0.15) is 0 Å². The lowest BCUT2D eigenvalue weighted by Gasteiger charge is -2.17. The van der Waals surface area contributed by atoms with Gasteiger partial charge in [-0.3, -0.25) is 0 Å². The molecule has 1 unspecified atom stereocenters. The first-order valence-corrected chi connectivity index (χ1v) is 5.96. The van der Waals surface area contributed by atoms with E-state index in [9.17, 15) is 4.39 Å². The fraction of sp³-hybridized carbons (Fsp3) is 0.333. The molecule has 1 rings (SSSR count). The number of hydrogen-bond donors (Lipinski definition) is 0. The van der Waals surface area contributed by atoms with E-state index in [1.54, 1.807) is 6.08 Å². The Balaban J connectivity index is 2.99. The summed E-state index contributed by atoms with van der Waals surface area (Å²) in [5.74, 6) is 0.413. The van der Waals surface area contributed by atoms with E-state index in [-0.39, 0.29) is 10.7 Å². The van der Waals surface area contributed by atoms with Crippen molar-refractivity contribution >= 4 is 27.5 Å². The van der Waals surface area contributed by atoms with Gasteiger partial charge in [0, 0.05) is 10.9 Å². The zero-order valence-corrected chi connectivity index (χ0v) is 11.0. The molecule has 0 bridgehead atoms. The predicted octanol–water partition coefficient (Wildman–Crippen LogP) is 5.29. The molecule has 0 nitrogen and oxygen atoms in total. The zero-order chi connectivity index (χ0) is 11.4. The van der Waals surface area contributed by atoms with Crippen molar-refractivity contribution in [3.8, 4) is 0 Å². The predicted molar refractivity (Wildman–Crippen MR) is 67.1 cm³/mol. The molecule has 0 aliphatic heterocycles. The monoisotopic (exact) mass is 290 g/mol. The molecule has 1 atom stereocenters. The molecule has 3 heteroatoms. The lowest BCUT2D eigenvalue weighted by molar-refractivity contribution is 0.565. The fourth-order valence-corrected chi connectivity index (χ4v) is 1.91. The number of rotatable bonds is 3. The first-order valence-electron chi connectivity index (χ1n) is 4.79. The third-order valence-electron chi connectivity index (χ3n) is 2.28. The molecular formula is C12H13BrClF. The minimum absolute atomic E-state index is 0.0710. The SMILES string of the molecule is CC(C)C(/C=C(\F)Br)c1ccc(Cl)cc1. The second kappa shape index (κ2) is 5.66. The van der Waals surface area contributed by atoms with Crippen LogP contribution in [-0.2, 0) is 0 Å². The quantitative estimate of drug-likeness (QED) is 0.710. The number of halogens is 3. The van der Waals surface area contributed by atoms with Crippen molar-refractivity contribution in [2.24, 2.45) is 5.92 Å². The molecule has 0 aliphatic rings. The van der Waals surface area contributed by atoms with Crippen LogP contribution in [0.15, 0.2) is 35.1 Å². The maximum atomic E-state index is 12.8. The highest BCUT2D eigenvalue weighted by Gasteiger charge is 2.13. The summed E-state index contributed by atoms with van der Waals surface area (Å²) >= 11 is 8.63. The third-order valence-corrected chi connectivity index (χ3v) is 2.79. The molecule has 0 saturated carbocycles. The van der Waals surface area contributed by atoms with E-state index in [0.717, 1.165) is 5.56 Å². The maximum Gasteiger partial charge on any atom is 0.162 e. The Morgan fingerprint density at radius 2 is 1.87 bits per heavy atom. The molecule has 0 heterocycles. The first kappa shape index (κ1) is 12.7. The standard InChI is InChI=1S/C12H13BrClF/c1-8(2)11(7-12(13)15)9-3-5-10(14)6-4-9/h3-8,11H,1-2H3/b12-7-. The lowest BCUT2D eigenvalue weighted by atomic mass is 9.89. The van der Waals surface area contributed by atoms with Gasteiger partial charge >= 0.3 is 0 Å². The van der Waals surface area contributed by atoms with Crippen LogP contribution in [0.25, 0.3) is 0 Å². The van der Waals surface area contributed by atoms with Crippen LogP contribution in [0.1, 0.15) is 25.3 Å². The average molecular weight is 292 g/mol. The maximum absolute atomic E-state index is 12.8. The summed E-state index contributed by atoms with van der Waals surface area (Å²) in [5.41, 5.74) is 1.07. The highest BCUT2D eigenvalue weighted by Crippen LogP contribution is 2.29. The number of hydrogen-bond acceptors (Lipinski definition) is 0. The molecule has 15 heavy (non-hydrogen) atoms. The van der Waals surface area contributed by atoms with Crippen molar-refractivity contribution in [2.75, 3.05) is 0 Å². The molecule has 0 fully saturated rings. The molecule has 0 N–H and O–H groups in total. The molecule has 0 aliphatic carbocycles. The molecule has 0 saturated heterocycles. The van der Waals surface area contributed by atoms with Crippen LogP contribution in [-0.4, -0.2) is 0 Å². The van der Waals surface area contributed by atoms with Gasteiger partial charge in [0.2, 0.25) is 0 Å². The average Bonchev–Trinajstić information content (AvgIpc) is 2.15. The van der Waals surface area contributed by atoms with Crippen LogP contribution in [0, 0.1) is 5.92 Å². The van der Waals surface area contributed by atoms with Crippen LogP contribution < -0.4 is 0 Å². The van der Waals surface area contributed by atoms with Crippen molar-refractivity contribution in [1.29, 1.82) is 0 Å². The summed E-state index contributed by atoms with van der Waals surface area (Å²) in [6.07, 6.45) is 1.58. The van der Waals surface area contributed by atoms with E-state index < -0.39 is 0 Å². The van der Waals surface area contributed by atoms with Crippen molar-refractivity contribution < 1.29 is 4.39 Å². The second-order valence-electron chi connectivity index (χ2n) is 3.78. The largest absolute Gasteiger partial charge is 0.199 e. The lowest BCUT2D eigenvalue weighted by Crippen LogP contribution is -2.03. The Hall–Kier alpha value is -0.340. The van der Waals surface area contributed by atoms with Crippen LogP contribution in [0.4, 0.5) is 4.39 Å². The Morgan fingerprint density at radius 1 is 1.33 bits per heavy atom. The van der Waals surface area contributed by atoms with Crippen LogP contribution in [0.5, 0.6) is 0 Å². The van der Waals surface area contributed by atoms with Crippen LogP contribution in [0.2, 0.25) is 5.02 Å². The molecule has 82 valence electrons. The van der Waals surface area contributed by atoms with Gasteiger partial charge in [-0.2, -0.15) is 4.39 Å². The van der Waals surface area contributed by atoms with Gasteiger partial charge in [-0.15, -0.1) is 0 Å². The Labute approximate surface area is 103 Å². The normalized spacial score (nSPS) is 14.4. The molecule has 0 spiro atoms. The van der Waals surface area contributed by atoms with E-state index in [1.807, 2.05) is 24.3 Å². The summed E-state index contributed by atoms with van der Waals surface area (Å²) in [5, 5.41) is 0.699. The van der Waals surface area contributed by atoms with Crippen molar-refractivity contribution in [2.45, 2.75) is 19.8 Å². The fourth-order valence-electron chi connectivity index (χ4n) is 1.49. The summed E-state index contributed by atoms with van der Waals surface area (Å²) in [4.78, 5) is 0. The van der Waals surface area contributed by atoms with E-state index in [4.69, 9.17) is 11.6 Å². The van der Waals surface area contributed by atoms with Gasteiger partial charge in [0.15, 0.2) is 4.74 Å². The molecule has 0 amide bonds. The Kier molecular flexibility index (Phi) is 4.81. The van der Waals surface area contributed by atoms with E-state index in [0.29, 0.717) is 10.9 Å². The highest BCUT2D eigenvalue weighted by atomic mass is 79.9. The van der Waals surface area contributed by atoms with Crippen molar-refractivity contribution in [3.63, 3.8) is 0 Å². The van der Waals surface area contributed by atoms with Gasteiger partial charge in [0.05, 0.1) is 0 Å². The summed E-state index contributed by atoms with van der Waals surface area (Å²) in [7, 11) is 0. The first-order chi connectivity index (χ1) is 7.00. The van der Waals surface area contributed by atoms with Crippen LogP contribution >= 0.6 is 27.5 Å². The Bertz CT molecular complexity index is 339. The third kappa shape index (κ3) is 3.96. The molecule has 1 aromatic carbocycles. The zero-order valence-electron chi connectivity index (χ0n) is 8.68. The van der Waals surface area contributed by atoms with E-state index in [1.165, 1.54) is 0 Å². The van der Waals surface area contributed by atoms with Gasteiger partial charge in [-0.25, -0.2) is 0 Å². The highest BCUT2D eigenvalue weighted by molar-refractivity contribution is 9.11. The second-order valence-corrected chi connectivity index (χ2v) is 4.97. The topological polar surface area (TPSA) is 0 Å². The van der Waals surface area contributed by atoms with Gasteiger partial charge in [-0.1, -0.05) is 37.6 Å². The minimum atomic E-state index is -0.323. The van der Waals surface area contributed by atoms with Gasteiger partial charge in [-0.05, 0) is 45.6 Å². The number of benzene rings is 1. The molecule has 0 radical (unpaired) electrons.